The molecule has 0 spiro atoms. The van der Waals surface area contributed by atoms with E-state index in [1.54, 1.807) is 18.7 Å². The second-order valence-corrected chi connectivity index (χ2v) is 8.97. The lowest BCUT2D eigenvalue weighted by molar-refractivity contribution is -0.119. The van der Waals surface area contributed by atoms with Crippen LogP contribution in [0.3, 0.4) is 0 Å². The van der Waals surface area contributed by atoms with Gasteiger partial charge in [0.05, 0.1) is 10.6 Å². The number of amides is 3. The Morgan fingerprint density at radius 3 is 2.03 bits per heavy atom. The molecule has 0 saturated carbocycles. The Hall–Kier alpha value is -2.71. The number of carbonyl (C=O) groups excluding carboxylic acids is 2. The topological polar surface area (TPSA) is 78.0 Å². The van der Waals surface area contributed by atoms with Crippen molar-refractivity contribution in [1.29, 1.82) is 0 Å². The maximum Gasteiger partial charge on any atom is 0.332 e. The first-order valence-corrected chi connectivity index (χ1v) is 11.6. The van der Waals surface area contributed by atoms with Crippen LogP contribution in [-0.4, -0.2) is 55.2 Å². The molecule has 3 amide bonds. The summed E-state index contributed by atoms with van der Waals surface area (Å²) in [5.74, 6) is -0.301. The minimum atomic E-state index is -3.60. The van der Waals surface area contributed by atoms with E-state index in [9.17, 15) is 18.0 Å². The van der Waals surface area contributed by atoms with Crippen molar-refractivity contribution in [3.05, 3.63) is 60.2 Å². The highest BCUT2D eigenvalue weighted by atomic mass is 32.2. The van der Waals surface area contributed by atoms with Crippen LogP contribution in [0.2, 0.25) is 0 Å². The summed E-state index contributed by atoms with van der Waals surface area (Å²) < 4.78 is 26.7. The fourth-order valence-electron chi connectivity index (χ4n) is 3.75. The highest BCUT2D eigenvalue weighted by molar-refractivity contribution is 7.89. The molecule has 0 bridgehead atoms. The number of hydrogen-bond acceptors (Lipinski definition) is 4. The second-order valence-electron chi connectivity index (χ2n) is 7.03. The van der Waals surface area contributed by atoms with Gasteiger partial charge in [-0.3, -0.25) is 4.79 Å². The molecule has 160 valence electrons. The molecule has 3 rings (SSSR count). The molecule has 0 N–H and O–H groups in total. The summed E-state index contributed by atoms with van der Waals surface area (Å²) in [4.78, 5) is 28.9. The maximum atomic E-state index is 13.1. The molecule has 1 heterocycles. The number of carbonyl (C=O) groups is 2. The van der Waals surface area contributed by atoms with Crippen LogP contribution >= 0.6 is 0 Å². The molecule has 0 radical (unpaired) electrons. The first-order valence-electron chi connectivity index (χ1n) is 10.1. The summed E-state index contributed by atoms with van der Waals surface area (Å²) in [5, 5.41) is 0. The zero-order valence-electron chi connectivity index (χ0n) is 17.5. The Bertz CT molecular complexity index is 1000. The standard InChI is InChI=1S/C22H27N3O4S/c1-4-23(5-2)30(28,29)19-14-12-18(13-15-19)25-21(26)20(24(6-3)22(25)27)16-17-10-8-7-9-11-17/h7-15,20H,4-6,16H2,1-3H3. The third kappa shape index (κ3) is 3.97. The average molecular weight is 430 g/mol. The fourth-order valence-corrected chi connectivity index (χ4v) is 5.20. The Kier molecular flexibility index (Phi) is 6.58. The number of rotatable bonds is 8. The van der Waals surface area contributed by atoms with Gasteiger partial charge in [0, 0.05) is 26.1 Å². The van der Waals surface area contributed by atoms with Gasteiger partial charge in [0.25, 0.3) is 5.91 Å². The van der Waals surface area contributed by atoms with Gasteiger partial charge in [0.1, 0.15) is 6.04 Å². The van der Waals surface area contributed by atoms with E-state index >= 15 is 0 Å². The molecular weight excluding hydrogens is 402 g/mol. The zero-order chi connectivity index (χ0) is 21.9. The van der Waals surface area contributed by atoms with E-state index in [0.29, 0.717) is 31.7 Å². The van der Waals surface area contributed by atoms with Gasteiger partial charge in [-0.25, -0.2) is 18.1 Å². The molecule has 8 heteroatoms. The molecule has 1 fully saturated rings. The van der Waals surface area contributed by atoms with E-state index in [1.165, 1.54) is 28.6 Å². The molecule has 0 aromatic heterocycles. The molecule has 30 heavy (non-hydrogen) atoms. The second kappa shape index (κ2) is 8.97. The van der Waals surface area contributed by atoms with Gasteiger partial charge in [-0.05, 0) is 36.8 Å². The van der Waals surface area contributed by atoms with Crippen molar-refractivity contribution in [3.8, 4) is 0 Å². The van der Waals surface area contributed by atoms with Crippen LogP contribution in [0.15, 0.2) is 59.5 Å². The van der Waals surface area contributed by atoms with Crippen LogP contribution in [0.4, 0.5) is 10.5 Å². The fraction of sp³-hybridized carbons (Fsp3) is 0.364. The number of hydrogen-bond donors (Lipinski definition) is 0. The normalized spacial score (nSPS) is 17.3. The predicted octanol–water partition coefficient (Wildman–Crippen LogP) is 3.12. The Morgan fingerprint density at radius 1 is 0.900 bits per heavy atom. The minimum Gasteiger partial charge on any atom is -0.312 e. The monoisotopic (exact) mass is 429 g/mol. The van der Waals surface area contributed by atoms with E-state index in [4.69, 9.17) is 0 Å². The smallest absolute Gasteiger partial charge is 0.312 e. The largest absolute Gasteiger partial charge is 0.332 e. The number of imide groups is 1. The van der Waals surface area contributed by atoms with Gasteiger partial charge in [0.15, 0.2) is 0 Å². The maximum absolute atomic E-state index is 13.1. The van der Waals surface area contributed by atoms with Crippen LogP contribution in [-0.2, 0) is 21.2 Å². The van der Waals surface area contributed by atoms with Crippen LogP contribution in [0.1, 0.15) is 26.3 Å². The number of likely N-dealkylation sites (N-methyl/N-ethyl adjacent to an activating group) is 1. The van der Waals surface area contributed by atoms with Gasteiger partial charge in [-0.15, -0.1) is 0 Å². The lowest BCUT2D eigenvalue weighted by Crippen LogP contribution is -2.36. The van der Waals surface area contributed by atoms with E-state index in [0.717, 1.165) is 10.5 Å². The van der Waals surface area contributed by atoms with Crippen LogP contribution < -0.4 is 4.90 Å². The highest BCUT2D eigenvalue weighted by Crippen LogP contribution is 2.28. The van der Waals surface area contributed by atoms with Crippen molar-refractivity contribution in [2.75, 3.05) is 24.5 Å². The highest BCUT2D eigenvalue weighted by Gasteiger charge is 2.45. The summed E-state index contributed by atoms with van der Waals surface area (Å²) in [6.07, 6.45) is 0.435. The van der Waals surface area contributed by atoms with E-state index in [2.05, 4.69) is 0 Å². The van der Waals surface area contributed by atoms with Crippen molar-refractivity contribution in [1.82, 2.24) is 9.21 Å². The third-order valence-corrected chi connectivity index (χ3v) is 7.43. The minimum absolute atomic E-state index is 0.141. The Balaban J connectivity index is 1.88. The average Bonchev–Trinajstić information content (AvgIpc) is 2.98. The van der Waals surface area contributed by atoms with Crippen molar-refractivity contribution in [3.63, 3.8) is 0 Å². The molecule has 1 saturated heterocycles. The van der Waals surface area contributed by atoms with Gasteiger partial charge < -0.3 is 4.90 Å². The molecule has 1 aliphatic rings. The van der Waals surface area contributed by atoms with Crippen molar-refractivity contribution < 1.29 is 18.0 Å². The van der Waals surface area contributed by atoms with Crippen LogP contribution in [0.5, 0.6) is 0 Å². The third-order valence-electron chi connectivity index (χ3n) is 5.37. The molecule has 0 aliphatic carbocycles. The summed E-state index contributed by atoms with van der Waals surface area (Å²) in [7, 11) is -3.60. The number of sulfonamides is 1. The molecule has 1 atom stereocenters. The molecule has 1 unspecified atom stereocenters. The quantitative estimate of drug-likeness (QED) is 0.604. The summed E-state index contributed by atoms with van der Waals surface area (Å²) in [6.45, 7) is 6.55. The van der Waals surface area contributed by atoms with Gasteiger partial charge in [0.2, 0.25) is 10.0 Å². The van der Waals surface area contributed by atoms with Crippen LogP contribution in [0.25, 0.3) is 0 Å². The first kappa shape index (κ1) is 22.0. The summed E-state index contributed by atoms with van der Waals surface area (Å²) in [5.41, 5.74) is 1.35. The Morgan fingerprint density at radius 2 is 1.50 bits per heavy atom. The molecule has 7 nitrogen and oxygen atoms in total. The first-order chi connectivity index (χ1) is 14.3. The lowest BCUT2D eigenvalue weighted by atomic mass is 10.1. The van der Waals surface area contributed by atoms with E-state index in [1.807, 2.05) is 37.3 Å². The number of urea groups is 1. The SMILES string of the molecule is CCN1C(=O)N(c2ccc(S(=O)(=O)N(CC)CC)cc2)C(=O)C1Cc1ccccc1. The Labute approximate surface area is 177 Å². The molecule has 2 aromatic carbocycles. The molecule has 1 aliphatic heterocycles. The number of benzene rings is 2. The lowest BCUT2D eigenvalue weighted by Gasteiger charge is -2.20. The van der Waals surface area contributed by atoms with Gasteiger partial charge >= 0.3 is 6.03 Å². The van der Waals surface area contributed by atoms with Crippen LogP contribution in [0, 0.1) is 0 Å². The number of nitrogens with zero attached hydrogens (tertiary/aromatic N) is 3. The van der Waals surface area contributed by atoms with Crippen molar-refractivity contribution in [2.45, 2.75) is 38.1 Å². The van der Waals surface area contributed by atoms with Gasteiger partial charge in [-0.2, -0.15) is 4.31 Å². The predicted molar refractivity (Wildman–Crippen MR) is 116 cm³/mol. The number of anilines is 1. The van der Waals surface area contributed by atoms with E-state index in [-0.39, 0.29) is 16.8 Å². The summed E-state index contributed by atoms with van der Waals surface area (Å²) >= 11 is 0. The summed E-state index contributed by atoms with van der Waals surface area (Å²) in [6, 6.07) is 14.5. The zero-order valence-corrected chi connectivity index (χ0v) is 18.3. The van der Waals surface area contributed by atoms with Crippen molar-refractivity contribution in [2.24, 2.45) is 0 Å². The molecular formula is C22H27N3O4S. The van der Waals surface area contributed by atoms with Gasteiger partial charge in [-0.1, -0.05) is 44.2 Å². The van der Waals surface area contributed by atoms with Crippen molar-refractivity contribution >= 4 is 27.6 Å². The molecule has 2 aromatic rings. The van der Waals surface area contributed by atoms with E-state index < -0.39 is 16.1 Å².